The molecule has 2 aromatic rings. The molecule has 1 amide bonds. The molecule has 0 fully saturated rings. The molecule has 2 aromatic carbocycles. The molecule has 5 nitrogen and oxygen atoms in total. The molecular formula is C21H28N2O3S. The van der Waals surface area contributed by atoms with Crippen LogP contribution in [0.1, 0.15) is 43.6 Å². The molecular weight excluding hydrogens is 360 g/mol. The van der Waals surface area contributed by atoms with Crippen LogP contribution < -0.4 is 9.62 Å². The lowest BCUT2D eigenvalue weighted by atomic mass is 9.94. The van der Waals surface area contributed by atoms with Crippen molar-refractivity contribution in [1.82, 2.24) is 5.32 Å². The number of amides is 1. The number of rotatable bonds is 8. The van der Waals surface area contributed by atoms with Crippen LogP contribution in [-0.4, -0.2) is 32.2 Å². The van der Waals surface area contributed by atoms with E-state index in [4.69, 9.17) is 0 Å². The van der Waals surface area contributed by atoms with Crippen molar-refractivity contribution in [3.8, 4) is 0 Å². The van der Waals surface area contributed by atoms with Crippen LogP contribution in [-0.2, 0) is 16.4 Å². The van der Waals surface area contributed by atoms with Gasteiger partial charge in [0.05, 0.1) is 11.4 Å². The lowest BCUT2D eigenvalue weighted by Crippen LogP contribution is -2.45. The maximum absolute atomic E-state index is 12.6. The van der Waals surface area contributed by atoms with Gasteiger partial charge in [0.25, 0.3) is 5.91 Å². The highest BCUT2D eigenvalue weighted by atomic mass is 32.2. The van der Waals surface area contributed by atoms with Crippen molar-refractivity contribution in [2.45, 2.75) is 39.7 Å². The summed E-state index contributed by atoms with van der Waals surface area (Å²) in [6.45, 7) is 7.73. The summed E-state index contributed by atoms with van der Waals surface area (Å²) >= 11 is 0. The predicted octanol–water partition coefficient (Wildman–Crippen LogP) is 3.61. The third kappa shape index (κ3) is 5.57. The van der Waals surface area contributed by atoms with E-state index in [0.717, 1.165) is 12.0 Å². The Kier molecular flexibility index (Phi) is 6.65. The van der Waals surface area contributed by atoms with E-state index < -0.39 is 15.6 Å². The molecule has 1 N–H and O–H groups in total. The second-order valence-electron chi connectivity index (χ2n) is 7.11. The molecule has 0 bridgehead atoms. The number of carbonyl (C=O) groups is 1. The van der Waals surface area contributed by atoms with Gasteiger partial charge in [-0.15, -0.1) is 0 Å². The average molecular weight is 389 g/mol. The molecule has 0 heterocycles. The summed E-state index contributed by atoms with van der Waals surface area (Å²) in [4.78, 5) is 12.6. The quantitative estimate of drug-likeness (QED) is 0.751. The zero-order valence-corrected chi connectivity index (χ0v) is 17.2. The fraction of sp³-hybridized carbons (Fsp3) is 0.381. The molecule has 0 aromatic heterocycles. The predicted molar refractivity (Wildman–Crippen MR) is 111 cm³/mol. The van der Waals surface area contributed by atoms with Crippen LogP contribution in [0, 0.1) is 0 Å². The Morgan fingerprint density at radius 3 is 2.11 bits per heavy atom. The van der Waals surface area contributed by atoms with E-state index in [1.165, 1.54) is 4.31 Å². The summed E-state index contributed by atoms with van der Waals surface area (Å²) in [5.41, 5.74) is 1.82. The zero-order valence-electron chi connectivity index (χ0n) is 16.4. The highest BCUT2D eigenvalue weighted by molar-refractivity contribution is 7.92. The van der Waals surface area contributed by atoms with Crippen LogP contribution in [0.2, 0.25) is 0 Å². The second kappa shape index (κ2) is 8.57. The van der Waals surface area contributed by atoms with E-state index in [2.05, 4.69) is 5.32 Å². The minimum absolute atomic E-state index is 0.0384. The molecule has 146 valence electrons. The Morgan fingerprint density at radius 2 is 1.59 bits per heavy atom. The molecule has 6 heteroatoms. The highest BCUT2D eigenvalue weighted by Crippen LogP contribution is 2.20. The average Bonchev–Trinajstić information content (AvgIpc) is 2.62. The SMILES string of the molecule is CCN(c1ccc(C(=O)NC(C)(C)Cc2ccccc2)cc1)S(=O)(=O)CC. The van der Waals surface area contributed by atoms with Gasteiger partial charge in [-0.05, 0) is 63.9 Å². The van der Waals surface area contributed by atoms with Gasteiger partial charge in [0.2, 0.25) is 10.0 Å². The summed E-state index contributed by atoms with van der Waals surface area (Å²) in [6.07, 6.45) is 0.718. The smallest absolute Gasteiger partial charge is 0.251 e. The fourth-order valence-corrected chi connectivity index (χ4v) is 4.15. The number of nitrogens with zero attached hydrogens (tertiary/aromatic N) is 1. The highest BCUT2D eigenvalue weighted by Gasteiger charge is 2.23. The Hall–Kier alpha value is -2.34. The normalized spacial score (nSPS) is 11.9. The number of nitrogens with one attached hydrogen (secondary N) is 1. The summed E-state index contributed by atoms with van der Waals surface area (Å²) in [6, 6.07) is 16.7. The molecule has 0 unspecified atom stereocenters. The molecule has 0 aliphatic rings. The Morgan fingerprint density at radius 1 is 1.00 bits per heavy atom. The first-order valence-electron chi connectivity index (χ1n) is 9.15. The van der Waals surface area contributed by atoms with Crippen molar-refractivity contribution in [2.75, 3.05) is 16.6 Å². The number of sulfonamides is 1. The molecule has 0 aliphatic heterocycles. The van der Waals surface area contributed by atoms with Crippen LogP contribution in [0.15, 0.2) is 54.6 Å². The van der Waals surface area contributed by atoms with Crippen molar-refractivity contribution < 1.29 is 13.2 Å². The van der Waals surface area contributed by atoms with E-state index in [-0.39, 0.29) is 11.7 Å². The maximum Gasteiger partial charge on any atom is 0.251 e. The summed E-state index contributed by atoms with van der Waals surface area (Å²) in [5.74, 6) is -0.139. The lowest BCUT2D eigenvalue weighted by molar-refractivity contribution is 0.0913. The molecule has 0 radical (unpaired) electrons. The van der Waals surface area contributed by atoms with Gasteiger partial charge in [-0.25, -0.2) is 8.42 Å². The monoisotopic (exact) mass is 388 g/mol. The summed E-state index contributed by atoms with van der Waals surface area (Å²) < 4.78 is 25.7. The van der Waals surface area contributed by atoms with Crippen molar-refractivity contribution in [1.29, 1.82) is 0 Å². The number of carbonyl (C=O) groups excluding carboxylic acids is 1. The van der Waals surface area contributed by atoms with E-state index in [9.17, 15) is 13.2 Å². The molecule has 0 aliphatic carbocycles. The van der Waals surface area contributed by atoms with E-state index in [1.807, 2.05) is 44.2 Å². The molecule has 2 rings (SSSR count). The minimum Gasteiger partial charge on any atom is -0.347 e. The first-order valence-corrected chi connectivity index (χ1v) is 10.8. The number of anilines is 1. The molecule has 0 spiro atoms. The van der Waals surface area contributed by atoms with E-state index in [0.29, 0.717) is 17.8 Å². The molecule has 0 saturated heterocycles. The zero-order chi connectivity index (χ0) is 20.1. The third-order valence-electron chi connectivity index (χ3n) is 4.35. The van der Waals surface area contributed by atoms with Crippen molar-refractivity contribution in [3.63, 3.8) is 0 Å². The molecule has 0 atom stereocenters. The van der Waals surface area contributed by atoms with Crippen molar-refractivity contribution >= 4 is 21.6 Å². The van der Waals surface area contributed by atoms with Crippen LogP contribution >= 0.6 is 0 Å². The van der Waals surface area contributed by atoms with Gasteiger partial charge in [0.15, 0.2) is 0 Å². The van der Waals surface area contributed by atoms with E-state index >= 15 is 0 Å². The van der Waals surface area contributed by atoms with E-state index in [1.54, 1.807) is 38.1 Å². The van der Waals surface area contributed by atoms with Crippen LogP contribution in [0.3, 0.4) is 0 Å². The van der Waals surface area contributed by atoms with Crippen LogP contribution in [0.5, 0.6) is 0 Å². The maximum atomic E-state index is 12.6. The van der Waals surface area contributed by atoms with Gasteiger partial charge in [-0.1, -0.05) is 30.3 Å². The second-order valence-corrected chi connectivity index (χ2v) is 9.29. The van der Waals surface area contributed by atoms with Gasteiger partial charge in [0.1, 0.15) is 0 Å². The third-order valence-corrected chi connectivity index (χ3v) is 6.22. The van der Waals surface area contributed by atoms with Crippen LogP contribution in [0.4, 0.5) is 5.69 Å². The van der Waals surface area contributed by atoms with Gasteiger partial charge in [0, 0.05) is 17.6 Å². The van der Waals surface area contributed by atoms with Gasteiger partial charge < -0.3 is 5.32 Å². The molecule has 27 heavy (non-hydrogen) atoms. The van der Waals surface area contributed by atoms with Gasteiger partial charge >= 0.3 is 0 Å². The van der Waals surface area contributed by atoms with Crippen LogP contribution in [0.25, 0.3) is 0 Å². The fourth-order valence-electron chi connectivity index (χ4n) is 3.00. The first kappa shape index (κ1) is 21.0. The summed E-state index contributed by atoms with van der Waals surface area (Å²) in [5, 5.41) is 3.05. The Balaban J connectivity index is 2.11. The largest absolute Gasteiger partial charge is 0.347 e. The first-order chi connectivity index (χ1) is 12.7. The number of hydrogen-bond acceptors (Lipinski definition) is 3. The van der Waals surface area contributed by atoms with Gasteiger partial charge in [-0.3, -0.25) is 9.10 Å². The number of benzene rings is 2. The van der Waals surface area contributed by atoms with Crippen molar-refractivity contribution in [2.24, 2.45) is 0 Å². The lowest BCUT2D eigenvalue weighted by Gasteiger charge is -2.27. The van der Waals surface area contributed by atoms with Crippen molar-refractivity contribution in [3.05, 3.63) is 65.7 Å². The Labute approximate surface area is 162 Å². The number of hydrogen-bond donors (Lipinski definition) is 1. The standard InChI is InChI=1S/C21H28N2O3S/c1-5-23(27(25,26)6-2)19-14-12-18(13-15-19)20(24)22-21(3,4)16-17-10-8-7-9-11-17/h7-15H,5-6,16H2,1-4H3,(H,22,24). The van der Waals surface area contributed by atoms with Gasteiger partial charge in [-0.2, -0.15) is 0 Å². The molecule has 0 saturated carbocycles. The summed E-state index contributed by atoms with van der Waals surface area (Å²) in [7, 11) is -3.33. The minimum atomic E-state index is -3.33. The Bertz CT molecular complexity index is 860. The topological polar surface area (TPSA) is 66.5 Å².